The van der Waals surface area contributed by atoms with Crippen LogP contribution < -0.4 is 48.6 Å². The number of aromatic amines is 2. The first-order valence-electron chi connectivity index (χ1n) is 29.3. The lowest BCUT2D eigenvalue weighted by Gasteiger charge is -2.45. The number of ether oxygens (including phenoxy) is 2. The number of nitrogens with zero attached hydrogens (tertiary/aromatic N) is 2. The second-order valence-electron chi connectivity index (χ2n) is 24.3. The van der Waals surface area contributed by atoms with Gasteiger partial charge in [0.2, 0.25) is 0 Å². The summed E-state index contributed by atoms with van der Waals surface area (Å²) in [5, 5.41) is 6.94. The van der Waals surface area contributed by atoms with Crippen LogP contribution in [-0.4, -0.2) is 80.4 Å². The van der Waals surface area contributed by atoms with Gasteiger partial charge >= 0.3 is 20.0 Å². The molecule has 0 saturated carbocycles. The van der Waals surface area contributed by atoms with E-state index < -0.39 is 107 Å². The zero-order valence-corrected chi connectivity index (χ0v) is 53.1. The topological polar surface area (TPSA) is 186 Å². The standard InChI is InChI=1S/C67H78N5O11PSi2/c1-46-42-71(64(75)69-62(46)73)58-40-54(57(80-58)45-78-85(66(3,4)5,50-32-20-12-21-33-50)51-34-22-13-23-35-51)81-84(82-61(49-30-18-11-19-31-49)60(68-9)48-28-16-10-17-29-48)77-44-56-55(41-59(79-56)72-43-47(2)63(74)70-65(72)76)83-86(67(6,7)8,52-36-24-14-25-37-52)53-38-26-15-27-39-53/h10-39,42-43,54-61,68H,40-41,44-45H2,1-9H3,(H,69,73,75)(H,70,74,76)/t54-,55-,56+,57+,58+,59+,60-,61+,84?/m0/s1. The minimum atomic E-state index is -3.31. The molecule has 9 atom stereocenters. The maximum atomic E-state index is 13.8. The summed E-state index contributed by atoms with van der Waals surface area (Å²) in [7, 11) is -7.08. The molecule has 10 rings (SSSR count). The summed E-state index contributed by atoms with van der Waals surface area (Å²) in [4.78, 5) is 58.3. The monoisotopic (exact) mass is 1220 g/mol. The molecule has 2 fully saturated rings. The molecule has 0 bridgehead atoms. The molecular formula is C67H78N5O11PSi2. The van der Waals surface area contributed by atoms with Crippen LogP contribution in [0.3, 0.4) is 0 Å². The zero-order valence-electron chi connectivity index (χ0n) is 50.3. The van der Waals surface area contributed by atoms with Gasteiger partial charge in [0.15, 0.2) is 0 Å². The summed E-state index contributed by atoms with van der Waals surface area (Å²) in [6.45, 7) is 16.4. The van der Waals surface area contributed by atoms with E-state index in [4.69, 9.17) is 31.9 Å². The highest BCUT2D eigenvalue weighted by Crippen LogP contribution is 2.53. The lowest BCUT2D eigenvalue weighted by atomic mass is 9.96. The minimum absolute atomic E-state index is 0.0368. The summed E-state index contributed by atoms with van der Waals surface area (Å²) in [5.74, 6) is 0. The van der Waals surface area contributed by atoms with Crippen LogP contribution >= 0.6 is 8.60 Å². The quantitative estimate of drug-likeness (QED) is 0.0432. The van der Waals surface area contributed by atoms with Crippen LogP contribution in [0, 0.1) is 13.8 Å². The number of likely N-dealkylation sites (N-methyl/N-ethyl adjacent to an activating group) is 1. The summed E-state index contributed by atoms with van der Waals surface area (Å²) in [6, 6.07) is 60.8. The molecule has 8 aromatic rings. The second kappa shape index (κ2) is 26.7. The highest BCUT2D eigenvalue weighted by atomic mass is 31.2. The number of aromatic nitrogens is 4. The predicted octanol–water partition coefficient (Wildman–Crippen LogP) is 9.15. The molecule has 3 N–H and O–H groups in total. The number of hydrogen-bond acceptors (Lipinski definition) is 12. The Balaban J connectivity index is 1.09. The van der Waals surface area contributed by atoms with Crippen molar-refractivity contribution in [2.75, 3.05) is 20.3 Å². The van der Waals surface area contributed by atoms with E-state index in [1.165, 1.54) is 21.5 Å². The molecule has 4 heterocycles. The van der Waals surface area contributed by atoms with Gasteiger partial charge < -0.3 is 37.2 Å². The van der Waals surface area contributed by atoms with E-state index in [9.17, 15) is 19.2 Å². The maximum absolute atomic E-state index is 13.8. The highest BCUT2D eigenvalue weighted by Gasteiger charge is 2.55. The van der Waals surface area contributed by atoms with Crippen LogP contribution in [0.1, 0.15) is 101 Å². The van der Waals surface area contributed by atoms with Crippen molar-refractivity contribution in [1.82, 2.24) is 24.4 Å². The molecule has 6 aromatic carbocycles. The number of hydrogen-bond donors (Lipinski definition) is 3. The molecule has 450 valence electrons. The van der Waals surface area contributed by atoms with Gasteiger partial charge in [-0.1, -0.05) is 224 Å². The first-order valence-corrected chi connectivity index (χ1v) is 34.2. The van der Waals surface area contributed by atoms with E-state index in [1.807, 2.05) is 141 Å². The molecule has 0 aliphatic carbocycles. The van der Waals surface area contributed by atoms with Crippen molar-refractivity contribution in [1.29, 1.82) is 0 Å². The van der Waals surface area contributed by atoms with Gasteiger partial charge in [-0.2, -0.15) is 0 Å². The molecular weight excluding hydrogens is 1140 g/mol. The molecule has 2 aromatic heterocycles. The minimum Gasteiger partial charge on any atom is -0.405 e. The van der Waals surface area contributed by atoms with Gasteiger partial charge in [-0.3, -0.25) is 28.7 Å². The van der Waals surface area contributed by atoms with Gasteiger partial charge in [0.25, 0.3) is 27.8 Å². The highest BCUT2D eigenvalue weighted by molar-refractivity contribution is 7.41. The van der Waals surface area contributed by atoms with Crippen molar-refractivity contribution in [2.24, 2.45) is 0 Å². The molecule has 19 heteroatoms. The lowest BCUT2D eigenvalue weighted by Crippen LogP contribution is -2.68. The van der Waals surface area contributed by atoms with Gasteiger partial charge in [-0.05, 0) is 62.8 Å². The second-order valence-corrected chi connectivity index (χ2v) is 33.9. The number of H-pyrrole nitrogens is 2. The van der Waals surface area contributed by atoms with Crippen LogP contribution in [0.5, 0.6) is 0 Å². The molecule has 86 heavy (non-hydrogen) atoms. The third kappa shape index (κ3) is 13.1. The number of rotatable bonds is 22. The average molecular weight is 1220 g/mol. The fraction of sp³-hybridized carbons (Fsp3) is 0.343. The van der Waals surface area contributed by atoms with Crippen molar-refractivity contribution in [2.45, 2.75) is 127 Å². The SMILES string of the molecule is CN[C@@H](c1ccccc1)[C@H](OP(OC[C@H]1O[C@@H](n2cc(C)c(=O)[nH]c2=O)C[C@@H]1O[Si](c1ccccc1)(c1ccccc1)C(C)(C)C)O[C@H]1C[C@H](n2cc(C)c(=O)[nH]c2=O)O[C@@H]1CO[Si](c1ccccc1)(c1ccccc1)C(C)(C)C)c1ccccc1. The van der Waals surface area contributed by atoms with Gasteiger partial charge in [0.05, 0.1) is 31.5 Å². The molecule has 0 amide bonds. The molecule has 2 aliphatic rings. The first-order chi connectivity index (χ1) is 41.3. The third-order valence-corrected chi connectivity index (χ3v) is 27.8. The Morgan fingerprint density at radius 3 is 1.35 bits per heavy atom. The zero-order chi connectivity index (χ0) is 60.8. The molecule has 2 saturated heterocycles. The van der Waals surface area contributed by atoms with E-state index in [0.717, 1.165) is 31.9 Å². The van der Waals surface area contributed by atoms with Crippen LogP contribution in [-0.2, 0) is 31.9 Å². The number of nitrogens with one attached hydrogen (secondary N) is 3. The van der Waals surface area contributed by atoms with Crippen molar-refractivity contribution in [3.05, 3.63) is 258 Å². The molecule has 2 aliphatic heterocycles. The van der Waals surface area contributed by atoms with Gasteiger partial charge in [-0.15, -0.1) is 0 Å². The fourth-order valence-corrected chi connectivity index (χ4v) is 22.9. The Morgan fingerprint density at radius 2 is 0.930 bits per heavy atom. The van der Waals surface area contributed by atoms with Crippen molar-refractivity contribution >= 4 is 46.0 Å². The molecule has 1 unspecified atom stereocenters. The number of benzene rings is 6. The Hall–Kier alpha value is -6.78. The summed E-state index contributed by atoms with van der Waals surface area (Å²) in [5.41, 5.74) is 0.249. The summed E-state index contributed by atoms with van der Waals surface area (Å²) in [6.07, 6.45) is -2.30. The van der Waals surface area contributed by atoms with Gasteiger partial charge in [0, 0.05) is 36.4 Å². The smallest absolute Gasteiger partial charge is 0.333 e. The molecule has 0 radical (unpaired) electrons. The maximum Gasteiger partial charge on any atom is 0.333 e. The Morgan fingerprint density at radius 1 is 0.547 bits per heavy atom. The van der Waals surface area contributed by atoms with E-state index in [2.05, 4.69) is 105 Å². The lowest BCUT2D eigenvalue weighted by molar-refractivity contribution is -0.0543. The average Bonchev–Trinajstić information content (AvgIpc) is 3.79. The molecule has 0 spiro atoms. The van der Waals surface area contributed by atoms with Crippen molar-refractivity contribution in [3.63, 3.8) is 0 Å². The third-order valence-electron chi connectivity index (χ3n) is 16.6. The van der Waals surface area contributed by atoms with Crippen molar-refractivity contribution < 1.29 is 31.9 Å². The van der Waals surface area contributed by atoms with E-state index in [0.29, 0.717) is 11.1 Å². The van der Waals surface area contributed by atoms with Crippen LogP contribution in [0.25, 0.3) is 0 Å². The first kappa shape index (κ1) is 62.3. The Labute approximate surface area is 505 Å². The van der Waals surface area contributed by atoms with Crippen LogP contribution in [0.4, 0.5) is 0 Å². The predicted molar refractivity (Wildman–Crippen MR) is 341 cm³/mol. The van der Waals surface area contributed by atoms with Crippen molar-refractivity contribution in [3.8, 4) is 0 Å². The molecule has 16 nitrogen and oxygen atoms in total. The Kier molecular flexibility index (Phi) is 19.3. The van der Waals surface area contributed by atoms with E-state index in [1.54, 1.807) is 13.8 Å². The Bertz CT molecular complexity index is 3680. The largest absolute Gasteiger partial charge is 0.405 e. The van der Waals surface area contributed by atoms with Gasteiger partial charge in [-0.25, -0.2) is 9.59 Å². The number of aryl methyl sites for hydroxylation is 2. The normalized spacial score (nSPS) is 20.4. The van der Waals surface area contributed by atoms with E-state index >= 15 is 0 Å². The van der Waals surface area contributed by atoms with Gasteiger partial charge in [0.1, 0.15) is 30.8 Å². The summed E-state index contributed by atoms with van der Waals surface area (Å²) < 4.78 is 54.3. The van der Waals surface area contributed by atoms with Crippen LogP contribution in [0.2, 0.25) is 10.1 Å². The fourth-order valence-electron chi connectivity index (χ4n) is 12.3. The van der Waals surface area contributed by atoms with Crippen LogP contribution in [0.15, 0.2) is 214 Å². The summed E-state index contributed by atoms with van der Waals surface area (Å²) >= 11 is 0. The van der Waals surface area contributed by atoms with E-state index in [-0.39, 0.29) is 26.1 Å².